The molecule has 7 heteroatoms. The minimum Gasteiger partial charge on any atom is -0.481 e. The van der Waals surface area contributed by atoms with Gasteiger partial charge in [-0.2, -0.15) is 5.26 Å². The van der Waals surface area contributed by atoms with E-state index in [4.69, 9.17) is 4.74 Å². The molecule has 3 unspecified atom stereocenters. The number of nitrogens with zero attached hydrogens (tertiary/aromatic N) is 1. The Morgan fingerprint density at radius 3 is 2.65 bits per heavy atom. The lowest BCUT2D eigenvalue weighted by Gasteiger charge is -2.50. The highest BCUT2D eigenvalue weighted by Crippen LogP contribution is 2.53. The lowest BCUT2D eigenvalue weighted by Crippen LogP contribution is -2.61. The van der Waals surface area contributed by atoms with Crippen LogP contribution in [0, 0.1) is 28.5 Å². The van der Waals surface area contributed by atoms with Crippen molar-refractivity contribution >= 4 is 21.9 Å². The molecule has 5 nitrogen and oxygen atoms in total. The molecule has 1 heterocycles. The fourth-order valence-electron chi connectivity index (χ4n) is 4.01. The van der Waals surface area contributed by atoms with Crippen LogP contribution in [0.3, 0.4) is 0 Å². The summed E-state index contributed by atoms with van der Waals surface area (Å²) in [6.07, 6.45) is 0. The first-order valence-corrected chi connectivity index (χ1v) is 9.05. The third kappa shape index (κ3) is 3.12. The number of nitrogens with one attached hydrogen (secondary N) is 1. The highest BCUT2D eigenvalue weighted by Gasteiger charge is 2.59. The molecule has 0 aromatic heterocycles. The zero-order valence-corrected chi connectivity index (χ0v) is 16.7. The fourth-order valence-corrected chi connectivity index (χ4v) is 4.59. The van der Waals surface area contributed by atoms with Crippen molar-refractivity contribution in [1.82, 2.24) is 5.32 Å². The normalized spacial score (nSPS) is 25.8. The number of hydrogen-bond donors (Lipinski definition) is 2. The summed E-state index contributed by atoms with van der Waals surface area (Å²) in [5, 5.41) is 23.3. The van der Waals surface area contributed by atoms with Gasteiger partial charge in [-0.15, -0.1) is 0 Å². The predicted octanol–water partition coefficient (Wildman–Crippen LogP) is 3.81. The van der Waals surface area contributed by atoms with Gasteiger partial charge in [0.25, 0.3) is 0 Å². The van der Waals surface area contributed by atoms with E-state index >= 15 is 0 Å². The molecule has 1 aliphatic heterocycles. The quantitative estimate of drug-likeness (QED) is 0.750. The van der Waals surface area contributed by atoms with Crippen LogP contribution in [0.5, 0.6) is 0 Å². The maximum atomic E-state index is 13.6. The predicted molar refractivity (Wildman–Crippen MR) is 98.9 cm³/mol. The van der Waals surface area contributed by atoms with Gasteiger partial charge in [-0.25, -0.2) is 4.39 Å². The highest BCUT2D eigenvalue weighted by atomic mass is 79.9. The van der Waals surface area contributed by atoms with E-state index in [1.54, 1.807) is 13.0 Å². The number of hydrogen-bond acceptors (Lipinski definition) is 4. The van der Waals surface area contributed by atoms with Crippen LogP contribution in [0.4, 0.5) is 4.39 Å². The van der Waals surface area contributed by atoms with Gasteiger partial charge in [0.1, 0.15) is 11.2 Å². The number of carboxylic acids is 1. The van der Waals surface area contributed by atoms with Crippen LogP contribution in [0.2, 0.25) is 0 Å². The standard InChI is InChI=1S/C19H22BrFN2O3/c1-10(2)19(18(24)25)16(9-26-4)23-11(3)14(8-22)17(19)13-6-5-12(21)7-15(13)20/h5-7,10,16-17,23H,9H2,1-4H3,(H,24,25). The van der Waals surface area contributed by atoms with Gasteiger partial charge in [-0.05, 0) is 30.5 Å². The maximum absolute atomic E-state index is 13.6. The van der Waals surface area contributed by atoms with Crippen molar-refractivity contribution in [2.75, 3.05) is 13.7 Å². The molecule has 0 amide bonds. The van der Waals surface area contributed by atoms with Crippen LogP contribution in [0.15, 0.2) is 33.9 Å². The van der Waals surface area contributed by atoms with E-state index in [-0.39, 0.29) is 12.5 Å². The molecule has 0 saturated heterocycles. The summed E-state index contributed by atoms with van der Waals surface area (Å²) in [7, 11) is 1.51. The summed E-state index contributed by atoms with van der Waals surface area (Å²) in [5.74, 6) is -2.54. The molecule has 0 saturated carbocycles. The molecule has 0 radical (unpaired) electrons. The summed E-state index contributed by atoms with van der Waals surface area (Å²) in [5.41, 5.74) is 0.163. The van der Waals surface area contributed by atoms with Crippen LogP contribution in [0.1, 0.15) is 32.3 Å². The van der Waals surface area contributed by atoms with Gasteiger partial charge in [0.2, 0.25) is 0 Å². The molecule has 2 N–H and O–H groups in total. The van der Waals surface area contributed by atoms with E-state index in [0.29, 0.717) is 21.3 Å². The second-order valence-corrected chi connectivity index (χ2v) is 7.65. The summed E-state index contributed by atoms with van der Waals surface area (Å²) in [4.78, 5) is 12.6. The molecule has 0 spiro atoms. The second kappa shape index (κ2) is 7.77. The van der Waals surface area contributed by atoms with E-state index < -0.39 is 29.2 Å². The Labute approximate surface area is 161 Å². The minimum atomic E-state index is -1.35. The van der Waals surface area contributed by atoms with Crippen molar-refractivity contribution in [2.45, 2.75) is 32.7 Å². The Balaban J connectivity index is 2.88. The molecule has 0 aliphatic carbocycles. The number of benzene rings is 1. The summed E-state index contributed by atoms with van der Waals surface area (Å²) in [6.45, 7) is 5.55. The molecule has 1 aliphatic rings. The van der Waals surface area contributed by atoms with E-state index in [1.807, 2.05) is 13.8 Å². The Bertz CT molecular complexity index is 787. The van der Waals surface area contributed by atoms with Crippen LogP contribution in [-0.2, 0) is 9.53 Å². The van der Waals surface area contributed by atoms with Gasteiger partial charge in [0, 0.05) is 23.2 Å². The molecular formula is C19H22BrFN2O3. The Kier molecular flexibility index (Phi) is 6.09. The van der Waals surface area contributed by atoms with Crippen molar-refractivity contribution in [3.8, 4) is 6.07 Å². The summed E-state index contributed by atoms with van der Waals surface area (Å²) in [6, 6.07) is 5.74. The Morgan fingerprint density at radius 1 is 1.54 bits per heavy atom. The average molecular weight is 425 g/mol. The smallest absolute Gasteiger partial charge is 0.313 e. The SMILES string of the molecule is COCC1NC(C)=C(C#N)C(c2ccc(F)cc2Br)C1(C(=O)O)C(C)C. The molecule has 0 bridgehead atoms. The van der Waals surface area contributed by atoms with E-state index in [2.05, 4.69) is 27.3 Å². The third-order valence-corrected chi connectivity index (χ3v) is 5.88. The second-order valence-electron chi connectivity index (χ2n) is 6.79. The first kappa shape index (κ1) is 20.4. The number of methoxy groups -OCH3 is 1. The molecule has 26 heavy (non-hydrogen) atoms. The summed E-state index contributed by atoms with van der Waals surface area (Å²) < 4.78 is 19.3. The molecule has 2 rings (SSSR count). The number of aliphatic carboxylic acids is 1. The van der Waals surface area contributed by atoms with Crippen molar-refractivity contribution < 1.29 is 19.0 Å². The fraction of sp³-hybridized carbons (Fsp3) is 0.474. The molecule has 3 atom stereocenters. The van der Waals surface area contributed by atoms with Crippen molar-refractivity contribution in [1.29, 1.82) is 5.26 Å². The lowest BCUT2D eigenvalue weighted by atomic mass is 9.57. The largest absolute Gasteiger partial charge is 0.481 e. The van der Waals surface area contributed by atoms with Gasteiger partial charge in [-0.3, -0.25) is 4.79 Å². The lowest BCUT2D eigenvalue weighted by molar-refractivity contribution is -0.157. The maximum Gasteiger partial charge on any atom is 0.313 e. The van der Waals surface area contributed by atoms with Gasteiger partial charge in [-0.1, -0.05) is 35.8 Å². The monoisotopic (exact) mass is 424 g/mol. The van der Waals surface area contributed by atoms with Crippen LogP contribution < -0.4 is 5.32 Å². The van der Waals surface area contributed by atoms with Gasteiger partial charge in [0.15, 0.2) is 0 Å². The first-order valence-electron chi connectivity index (χ1n) is 8.26. The molecule has 0 fully saturated rings. The van der Waals surface area contributed by atoms with Crippen LogP contribution in [-0.4, -0.2) is 30.8 Å². The number of allylic oxidation sites excluding steroid dienone is 2. The van der Waals surface area contributed by atoms with Crippen molar-refractivity contribution in [2.24, 2.45) is 11.3 Å². The Hall–Kier alpha value is -1.91. The van der Waals surface area contributed by atoms with E-state index in [0.717, 1.165) is 0 Å². The van der Waals surface area contributed by atoms with Crippen LogP contribution in [0.25, 0.3) is 0 Å². The van der Waals surface area contributed by atoms with Gasteiger partial charge < -0.3 is 15.2 Å². The molecule has 140 valence electrons. The summed E-state index contributed by atoms with van der Waals surface area (Å²) >= 11 is 3.35. The minimum absolute atomic E-state index is 0.163. The number of carbonyl (C=O) groups is 1. The van der Waals surface area contributed by atoms with E-state index in [9.17, 15) is 19.6 Å². The number of carboxylic acid groups (broad SMARTS) is 1. The number of halogens is 2. The van der Waals surface area contributed by atoms with Gasteiger partial charge >= 0.3 is 5.97 Å². The average Bonchev–Trinajstić information content (AvgIpc) is 2.54. The van der Waals surface area contributed by atoms with Crippen LogP contribution >= 0.6 is 15.9 Å². The number of ether oxygens (including phenoxy) is 1. The zero-order chi connectivity index (χ0) is 19.6. The zero-order valence-electron chi connectivity index (χ0n) is 15.1. The number of nitriles is 1. The first-order chi connectivity index (χ1) is 12.2. The van der Waals surface area contributed by atoms with Crippen molar-refractivity contribution in [3.05, 3.63) is 45.3 Å². The van der Waals surface area contributed by atoms with Gasteiger partial charge in [0.05, 0.1) is 24.3 Å². The highest BCUT2D eigenvalue weighted by molar-refractivity contribution is 9.10. The topological polar surface area (TPSA) is 82.3 Å². The van der Waals surface area contributed by atoms with Crippen molar-refractivity contribution in [3.63, 3.8) is 0 Å². The molecule has 1 aromatic carbocycles. The molecule has 1 aromatic rings. The third-order valence-electron chi connectivity index (χ3n) is 5.19. The van der Waals surface area contributed by atoms with E-state index in [1.165, 1.54) is 19.2 Å². The Morgan fingerprint density at radius 2 is 2.19 bits per heavy atom. The molecular weight excluding hydrogens is 403 g/mol. The number of rotatable bonds is 5.